The maximum absolute atomic E-state index is 5.82. The molecular weight excluding hydrogens is 296 g/mol. The summed E-state index contributed by atoms with van der Waals surface area (Å²) in [6.45, 7) is 2.02. The standard InChI is InChI=1S/C13H17ClN4OS/c1-16(10-18-13(20)17(2)9-15-18)7-8-19-12-5-3-11(14)4-6-12/h3-6,9H,7-8,10H2,1-2H3. The molecule has 0 fully saturated rings. The van der Waals surface area contributed by atoms with Crippen LogP contribution in [0, 0.1) is 4.77 Å². The monoisotopic (exact) mass is 312 g/mol. The molecule has 1 aromatic carbocycles. The lowest BCUT2D eigenvalue weighted by atomic mass is 10.3. The minimum absolute atomic E-state index is 0.596. The minimum Gasteiger partial charge on any atom is -0.492 e. The Hall–Kier alpha value is -1.37. The number of benzene rings is 1. The zero-order chi connectivity index (χ0) is 14.5. The fourth-order valence-corrected chi connectivity index (χ4v) is 1.95. The fourth-order valence-electron chi connectivity index (χ4n) is 1.67. The first kappa shape index (κ1) is 15.0. The van der Waals surface area contributed by atoms with Gasteiger partial charge in [-0.1, -0.05) is 11.6 Å². The van der Waals surface area contributed by atoms with E-state index in [-0.39, 0.29) is 0 Å². The van der Waals surface area contributed by atoms with Crippen molar-refractivity contribution in [1.82, 2.24) is 19.2 Å². The van der Waals surface area contributed by atoms with Crippen LogP contribution in [0.4, 0.5) is 0 Å². The molecule has 2 aromatic rings. The van der Waals surface area contributed by atoms with Crippen molar-refractivity contribution in [2.75, 3.05) is 20.2 Å². The molecule has 0 unspecified atom stereocenters. The summed E-state index contributed by atoms with van der Waals surface area (Å²) in [6, 6.07) is 7.34. The predicted molar refractivity (Wildman–Crippen MR) is 81.6 cm³/mol. The van der Waals surface area contributed by atoms with Gasteiger partial charge in [0.1, 0.15) is 18.7 Å². The Morgan fingerprint density at radius 2 is 2.05 bits per heavy atom. The predicted octanol–water partition coefficient (Wildman–Crippen LogP) is 2.57. The maximum atomic E-state index is 5.82. The second-order valence-electron chi connectivity index (χ2n) is 4.55. The summed E-state index contributed by atoms with van der Waals surface area (Å²) in [5.74, 6) is 0.817. The van der Waals surface area contributed by atoms with Crippen LogP contribution in [-0.4, -0.2) is 39.4 Å². The molecule has 1 heterocycles. The van der Waals surface area contributed by atoms with Crippen LogP contribution in [0.5, 0.6) is 5.75 Å². The van der Waals surface area contributed by atoms with Crippen molar-refractivity contribution in [3.05, 3.63) is 40.4 Å². The second kappa shape index (κ2) is 6.88. The zero-order valence-electron chi connectivity index (χ0n) is 11.5. The number of halogens is 1. The van der Waals surface area contributed by atoms with Crippen LogP contribution in [0.15, 0.2) is 30.6 Å². The summed E-state index contributed by atoms with van der Waals surface area (Å²) in [4.78, 5) is 2.10. The molecule has 5 nitrogen and oxygen atoms in total. The third-order valence-electron chi connectivity index (χ3n) is 2.82. The van der Waals surface area contributed by atoms with Crippen molar-refractivity contribution in [2.24, 2.45) is 7.05 Å². The highest BCUT2D eigenvalue weighted by atomic mass is 35.5. The quantitative estimate of drug-likeness (QED) is 0.768. The molecule has 0 N–H and O–H groups in total. The number of aryl methyl sites for hydroxylation is 1. The van der Waals surface area contributed by atoms with E-state index >= 15 is 0 Å². The summed E-state index contributed by atoms with van der Waals surface area (Å²) in [5, 5.41) is 4.92. The highest BCUT2D eigenvalue weighted by Gasteiger charge is 2.03. The molecule has 108 valence electrons. The summed E-state index contributed by atoms with van der Waals surface area (Å²) < 4.78 is 9.94. The first-order chi connectivity index (χ1) is 9.56. The van der Waals surface area contributed by atoms with Gasteiger partial charge in [0.15, 0.2) is 4.77 Å². The number of hydrogen-bond donors (Lipinski definition) is 0. The maximum Gasteiger partial charge on any atom is 0.198 e. The van der Waals surface area contributed by atoms with Gasteiger partial charge in [-0.3, -0.25) is 4.90 Å². The first-order valence-electron chi connectivity index (χ1n) is 6.21. The van der Waals surface area contributed by atoms with Crippen LogP contribution in [0.2, 0.25) is 5.02 Å². The Kier molecular flexibility index (Phi) is 5.17. The molecule has 0 amide bonds. The molecule has 0 saturated carbocycles. The lowest BCUT2D eigenvalue weighted by Gasteiger charge is -2.16. The van der Waals surface area contributed by atoms with Gasteiger partial charge in [0, 0.05) is 18.6 Å². The van der Waals surface area contributed by atoms with Crippen molar-refractivity contribution in [3.8, 4) is 5.75 Å². The van der Waals surface area contributed by atoms with Gasteiger partial charge in [-0.15, -0.1) is 0 Å². The highest BCUT2D eigenvalue weighted by molar-refractivity contribution is 7.71. The SMILES string of the molecule is CN(CCOc1ccc(Cl)cc1)Cn1ncn(C)c1=S. The van der Waals surface area contributed by atoms with E-state index < -0.39 is 0 Å². The number of nitrogens with zero attached hydrogens (tertiary/aromatic N) is 4. The number of likely N-dealkylation sites (N-methyl/N-ethyl adjacent to an activating group) is 1. The fraction of sp³-hybridized carbons (Fsp3) is 0.385. The summed E-state index contributed by atoms with van der Waals surface area (Å²) in [6.07, 6.45) is 1.71. The third-order valence-corrected chi connectivity index (χ3v) is 3.57. The van der Waals surface area contributed by atoms with Gasteiger partial charge < -0.3 is 9.30 Å². The molecular formula is C13H17ClN4OS. The average molecular weight is 313 g/mol. The average Bonchev–Trinajstić information content (AvgIpc) is 2.73. The van der Waals surface area contributed by atoms with Crippen molar-refractivity contribution >= 4 is 23.8 Å². The minimum atomic E-state index is 0.596. The smallest absolute Gasteiger partial charge is 0.198 e. The van der Waals surface area contributed by atoms with E-state index in [4.69, 9.17) is 28.6 Å². The van der Waals surface area contributed by atoms with Gasteiger partial charge in [-0.05, 0) is 43.5 Å². The van der Waals surface area contributed by atoms with Crippen molar-refractivity contribution in [1.29, 1.82) is 0 Å². The number of aromatic nitrogens is 3. The van der Waals surface area contributed by atoms with E-state index in [2.05, 4.69) is 10.00 Å². The van der Waals surface area contributed by atoms with E-state index in [9.17, 15) is 0 Å². The van der Waals surface area contributed by atoms with Gasteiger partial charge in [0.2, 0.25) is 0 Å². The van der Waals surface area contributed by atoms with Crippen LogP contribution in [-0.2, 0) is 13.7 Å². The van der Waals surface area contributed by atoms with E-state index in [0.717, 1.165) is 12.3 Å². The Morgan fingerprint density at radius 3 is 2.65 bits per heavy atom. The van der Waals surface area contributed by atoms with Gasteiger partial charge in [0.25, 0.3) is 0 Å². The molecule has 2 rings (SSSR count). The molecule has 0 aliphatic heterocycles. The largest absolute Gasteiger partial charge is 0.492 e. The number of ether oxygens (including phenoxy) is 1. The Labute approximate surface area is 128 Å². The number of rotatable bonds is 6. The molecule has 0 saturated heterocycles. The van der Waals surface area contributed by atoms with Crippen LogP contribution in [0.3, 0.4) is 0 Å². The number of hydrogen-bond acceptors (Lipinski definition) is 4. The molecule has 0 radical (unpaired) electrons. The van der Waals surface area contributed by atoms with E-state index in [0.29, 0.717) is 23.1 Å². The molecule has 1 aromatic heterocycles. The normalized spacial score (nSPS) is 11.0. The molecule has 0 aliphatic rings. The molecule has 0 spiro atoms. The third kappa shape index (κ3) is 4.06. The van der Waals surface area contributed by atoms with Crippen LogP contribution < -0.4 is 4.74 Å². The summed E-state index contributed by atoms with van der Waals surface area (Å²) in [7, 11) is 3.89. The topological polar surface area (TPSA) is 35.2 Å². The molecule has 0 aliphatic carbocycles. The molecule has 20 heavy (non-hydrogen) atoms. The van der Waals surface area contributed by atoms with E-state index in [1.54, 1.807) is 11.0 Å². The van der Waals surface area contributed by atoms with Crippen LogP contribution in [0.1, 0.15) is 0 Å². The lowest BCUT2D eigenvalue weighted by Crippen LogP contribution is -2.27. The van der Waals surface area contributed by atoms with E-state index in [1.807, 2.05) is 42.9 Å². The lowest BCUT2D eigenvalue weighted by molar-refractivity contribution is 0.197. The Bertz CT molecular complexity index is 608. The van der Waals surface area contributed by atoms with Crippen molar-refractivity contribution < 1.29 is 4.74 Å². The highest BCUT2D eigenvalue weighted by Crippen LogP contribution is 2.15. The second-order valence-corrected chi connectivity index (χ2v) is 5.35. The van der Waals surface area contributed by atoms with Gasteiger partial charge in [0.05, 0.1) is 6.67 Å². The molecule has 0 atom stereocenters. The van der Waals surface area contributed by atoms with Gasteiger partial charge in [-0.2, -0.15) is 5.10 Å². The van der Waals surface area contributed by atoms with Crippen molar-refractivity contribution in [3.63, 3.8) is 0 Å². The van der Waals surface area contributed by atoms with E-state index in [1.165, 1.54) is 0 Å². The van der Waals surface area contributed by atoms with Gasteiger partial charge in [-0.25, -0.2) is 4.68 Å². The molecule has 0 bridgehead atoms. The van der Waals surface area contributed by atoms with Crippen LogP contribution >= 0.6 is 23.8 Å². The van der Waals surface area contributed by atoms with Crippen LogP contribution in [0.25, 0.3) is 0 Å². The first-order valence-corrected chi connectivity index (χ1v) is 7.00. The molecule has 7 heteroatoms. The van der Waals surface area contributed by atoms with Gasteiger partial charge >= 0.3 is 0 Å². The Balaban J connectivity index is 1.78. The zero-order valence-corrected chi connectivity index (χ0v) is 13.1. The summed E-state index contributed by atoms with van der Waals surface area (Å²) in [5.41, 5.74) is 0. The van der Waals surface area contributed by atoms with Crippen molar-refractivity contribution in [2.45, 2.75) is 6.67 Å². The summed E-state index contributed by atoms with van der Waals surface area (Å²) >= 11 is 11.1. The Morgan fingerprint density at radius 1 is 1.35 bits per heavy atom.